The van der Waals surface area contributed by atoms with E-state index >= 15 is 0 Å². The van der Waals surface area contributed by atoms with Crippen molar-refractivity contribution in [3.05, 3.63) is 56.2 Å². The van der Waals surface area contributed by atoms with Gasteiger partial charge in [-0.05, 0) is 24.6 Å². The Balaban J connectivity index is 1.93. The van der Waals surface area contributed by atoms with Gasteiger partial charge in [-0.2, -0.15) is 18.3 Å². The van der Waals surface area contributed by atoms with Gasteiger partial charge >= 0.3 is 11.9 Å². The van der Waals surface area contributed by atoms with Crippen molar-refractivity contribution in [1.29, 1.82) is 0 Å². The molecule has 1 aromatic carbocycles. The zero-order valence-electron chi connectivity index (χ0n) is 13.2. The summed E-state index contributed by atoms with van der Waals surface area (Å²) in [5.41, 5.74) is 0.113. The van der Waals surface area contributed by atoms with E-state index in [0.717, 1.165) is 18.3 Å². The first-order chi connectivity index (χ1) is 12.2. The lowest BCUT2D eigenvalue weighted by Crippen LogP contribution is -2.38. The number of benzene rings is 1. The Kier molecular flexibility index (Phi) is 5.54. The minimum absolute atomic E-state index is 0.265. The molecule has 26 heavy (non-hydrogen) atoms. The van der Waals surface area contributed by atoms with Gasteiger partial charge in [-0.3, -0.25) is 14.6 Å². The maximum absolute atomic E-state index is 12.4. The van der Waals surface area contributed by atoms with E-state index in [9.17, 15) is 27.6 Å². The van der Waals surface area contributed by atoms with Crippen LogP contribution in [0.1, 0.15) is 18.1 Å². The van der Waals surface area contributed by atoms with Crippen molar-refractivity contribution in [3.8, 4) is 0 Å². The van der Waals surface area contributed by atoms with Gasteiger partial charge in [-0.25, -0.2) is 15.3 Å². The summed E-state index contributed by atoms with van der Waals surface area (Å²) in [6, 6.07) is 3.25. The summed E-state index contributed by atoms with van der Waals surface area (Å²) >= 11 is 0. The molecule has 2 rings (SSSR count). The highest BCUT2D eigenvalue weighted by atomic mass is 19.4. The van der Waals surface area contributed by atoms with Crippen molar-refractivity contribution >= 4 is 17.9 Å². The van der Waals surface area contributed by atoms with Crippen molar-refractivity contribution in [1.82, 2.24) is 20.6 Å². The molecule has 0 aliphatic carbocycles. The summed E-state index contributed by atoms with van der Waals surface area (Å²) < 4.78 is 37.3. The standard InChI is InChI=1S/C14H13F3N6O3/c1-7(19-10-12(25)20-13(26)23-21-10)11(24)22-18-6-8-2-4-9(5-3-8)14(15,16)17/h2-7H,1H3,(H,19,21)(H,22,24)(H2,20,23,25,26)/b18-6-. The number of aromatic amines is 2. The van der Waals surface area contributed by atoms with E-state index in [-0.39, 0.29) is 5.82 Å². The highest BCUT2D eigenvalue weighted by molar-refractivity contribution is 5.86. The smallest absolute Gasteiger partial charge is 0.353 e. The number of carbonyl (C=O) groups excluding carboxylic acids is 1. The number of nitrogens with zero attached hydrogens (tertiary/aromatic N) is 2. The van der Waals surface area contributed by atoms with Crippen molar-refractivity contribution < 1.29 is 18.0 Å². The van der Waals surface area contributed by atoms with E-state index in [1.807, 2.05) is 10.1 Å². The minimum atomic E-state index is -4.43. The Morgan fingerprint density at radius 3 is 2.50 bits per heavy atom. The van der Waals surface area contributed by atoms with E-state index in [4.69, 9.17) is 0 Å². The number of hydrogen-bond acceptors (Lipinski definition) is 6. The largest absolute Gasteiger partial charge is 0.416 e. The Morgan fingerprint density at radius 1 is 1.27 bits per heavy atom. The highest BCUT2D eigenvalue weighted by Gasteiger charge is 2.29. The summed E-state index contributed by atoms with van der Waals surface area (Å²) in [7, 11) is 0. The maximum atomic E-state index is 12.4. The molecule has 1 unspecified atom stereocenters. The normalized spacial score (nSPS) is 12.8. The maximum Gasteiger partial charge on any atom is 0.416 e. The van der Waals surface area contributed by atoms with Crippen LogP contribution in [-0.4, -0.2) is 33.3 Å². The summed E-state index contributed by atoms with van der Waals surface area (Å²) in [6.07, 6.45) is -3.27. The average molecular weight is 370 g/mol. The molecule has 12 heteroatoms. The molecule has 0 fully saturated rings. The van der Waals surface area contributed by atoms with Gasteiger partial charge in [0.05, 0.1) is 11.8 Å². The second-order valence-corrected chi connectivity index (χ2v) is 5.08. The summed E-state index contributed by atoms with van der Waals surface area (Å²) in [5, 5.41) is 11.5. The van der Waals surface area contributed by atoms with E-state index in [1.165, 1.54) is 19.1 Å². The number of hydrogen-bond donors (Lipinski definition) is 4. The second-order valence-electron chi connectivity index (χ2n) is 5.08. The number of rotatable bonds is 5. The van der Waals surface area contributed by atoms with Gasteiger partial charge in [-0.15, -0.1) is 5.10 Å². The molecule has 0 saturated heterocycles. The first-order valence-electron chi connectivity index (χ1n) is 7.12. The fourth-order valence-electron chi connectivity index (χ4n) is 1.74. The van der Waals surface area contributed by atoms with Crippen molar-refractivity contribution in [2.75, 3.05) is 5.32 Å². The number of carbonyl (C=O) groups is 1. The molecular formula is C14H13F3N6O3. The van der Waals surface area contributed by atoms with E-state index in [0.29, 0.717) is 5.56 Å². The van der Waals surface area contributed by atoms with Gasteiger partial charge in [-0.1, -0.05) is 12.1 Å². The summed E-state index contributed by atoms with van der Waals surface area (Å²) in [6.45, 7) is 1.41. The van der Waals surface area contributed by atoms with Gasteiger partial charge < -0.3 is 5.32 Å². The van der Waals surface area contributed by atoms with Crippen molar-refractivity contribution in [2.24, 2.45) is 5.10 Å². The third-order valence-corrected chi connectivity index (χ3v) is 3.08. The molecule has 4 N–H and O–H groups in total. The van der Waals surface area contributed by atoms with E-state index in [2.05, 4.69) is 20.9 Å². The predicted octanol–water partition coefficient (Wildman–Crippen LogP) is 0.428. The molecule has 2 aromatic rings. The minimum Gasteiger partial charge on any atom is -0.353 e. The third-order valence-electron chi connectivity index (χ3n) is 3.08. The van der Waals surface area contributed by atoms with Crippen LogP contribution in [0.2, 0.25) is 0 Å². The Hall–Kier alpha value is -3.44. The number of aromatic nitrogens is 3. The third kappa shape index (κ3) is 5.03. The predicted molar refractivity (Wildman–Crippen MR) is 85.7 cm³/mol. The number of H-pyrrole nitrogens is 2. The zero-order chi connectivity index (χ0) is 19.3. The van der Waals surface area contributed by atoms with Crippen molar-refractivity contribution in [2.45, 2.75) is 19.1 Å². The van der Waals surface area contributed by atoms with Crippen LogP contribution in [0.5, 0.6) is 0 Å². The summed E-state index contributed by atoms with van der Waals surface area (Å²) in [4.78, 5) is 36.1. The van der Waals surface area contributed by atoms with Crippen LogP contribution in [0.4, 0.5) is 19.0 Å². The highest BCUT2D eigenvalue weighted by Crippen LogP contribution is 2.28. The lowest BCUT2D eigenvalue weighted by atomic mass is 10.1. The fraction of sp³-hybridized carbons (Fsp3) is 0.214. The Morgan fingerprint density at radius 2 is 1.92 bits per heavy atom. The molecule has 0 spiro atoms. The van der Waals surface area contributed by atoms with E-state index < -0.39 is 34.9 Å². The van der Waals surface area contributed by atoms with Crippen LogP contribution in [0.25, 0.3) is 0 Å². The van der Waals surface area contributed by atoms with Crippen LogP contribution in [0.15, 0.2) is 39.0 Å². The molecular weight excluding hydrogens is 357 g/mol. The molecule has 0 radical (unpaired) electrons. The van der Waals surface area contributed by atoms with Crippen LogP contribution < -0.4 is 22.0 Å². The SMILES string of the molecule is CC(Nc1n[nH]c(=O)[nH]c1=O)C(=O)N/N=C\c1ccc(C(F)(F)F)cc1. The average Bonchev–Trinajstić information content (AvgIpc) is 2.57. The topological polar surface area (TPSA) is 132 Å². The quantitative estimate of drug-likeness (QED) is 0.448. The van der Waals surface area contributed by atoms with Gasteiger partial charge in [0.15, 0.2) is 0 Å². The van der Waals surface area contributed by atoms with Crippen LogP contribution in [0, 0.1) is 0 Å². The molecule has 1 heterocycles. The zero-order valence-corrected chi connectivity index (χ0v) is 13.2. The molecule has 1 amide bonds. The number of anilines is 1. The van der Waals surface area contributed by atoms with Crippen LogP contribution in [-0.2, 0) is 11.0 Å². The first kappa shape index (κ1) is 18.9. The molecule has 138 valence electrons. The first-order valence-corrected chi connectivity index (χ1v) is 7.12. The fourth-order valence-corrected chi connectivity index (χ4v) is 1.74. The molecule has 1 atom stereocenters. The monoisotopic (exact) mass is 370 g/mol. The number of halogens is 3. The van der Waals surface area contributed by atoms with E-state index in [1.54, 1.807) is 0 Å². The Bertz CT molecular complexity index is 917. The Labute approximate surface area is 143 Å². The molecule has 9 nitrogen and oxygen atoms in total. The molecule has 0 bridgehead atoms. The lowest BCUT2D eigenvalue weighted by molar-refractivity contribution is -0.137. The molecule has 0 aliphatic heterocycles. The number of alkyl halides is 3. The van der Waals surface area contributed by atoms with Gasteiger partial charge in [0.25, 0.3) is 11.5 Å². The van der Waals surface area contributed by atoms with Crippen LogP contribution in [0.3, 0.4) is 0 Å². The lowest BCUT2D eigenvalue weighted by Gasteiger charge is -2.11. The van der Waals surface area contributed by atoms with Gasteiger partial charge in [0, 0.05) is 0 Å². The molecule has 1 aromatic heterocycles. The van der Waals surface area contributed by atoms with Gasteiger partial charge in [0.2, 0.25) is 5.82 Å². The molecule has 0 saturated carbocycles. The molecule has 0 aliphatic rings. The number of amides is 1. The number of nitrogens with one attached hydrogen (secondary N) is 4. The summed E-state index contributed by atoms with van der Waals surface area (Å²) in [5.74, 6) is -0.903. The van der Waals surface area contributed by atoms with Gasteiger partial charge in [0.1, 0.15) is 6.04 Å². The van der Waals surface area contributed by atoms with Crippen molar-refractivity contribution in [3.63, 3.8) is 0 Å². The number of hydrazone groups is 1. The second kappa shape index (κ2) is 7.63. The van der Waals surface area contributed by atoms with Crippen LogP contribution >= 0.6 is 0 Å².